The molecule has 0 amide bonds. The molecule has 3 heteroatoms. The number of carboxylic acid groups (broad SMARTS) is 1. The number of hydrogen-bond donors (Lipinski definition) is 1. The number of rotatable bonds is 4. The van der Waals surface area contributed by atoms with Crippen LogP contribution in [0.3, 0.4) is 0 Å². The third-order valence-corrected chi connectivity index (χ3v) is 3.40. The number of benzene rings is 1. The second kappa shape index (κ2) is 6.98. The zero-order valence-corrected chi connectivity index (χ0v) is 11.0. The van der Waals surface area contributed by atoms with Gasteiger partial charge in [0.25, 0.3) is 0 Å². The zero-order chi connectivity index (χ0) is 13.5. The Balaban J connectivity index is 1.92. The fourth-order valence-corrected chi connectivity index (χ4v) is 2.38. The fourth-order valence-electron chi connectivity index (χ4n) is 2.38. The standard InChI is InChI=1S/C16H20O3/c17-16(18)12-9-13-7-10-15(11-8-13)19-14-5-3-1-2-4-6-14/h7-12,14H,1-6H2,(H,17,18)/b12-9+. The Labute approximate surface area is 113 Å². The summed E-state index contributed by atoms with van der Waals surface area (Å²) in [6.45, 7) is 0. The van der Waals surface area contributed by atoms with Crippen LogP contribution in [0, 0.1) is 0 Å². The lowest BCUT2D eigenvalue weighted by Gasteiger charge is -2.16. The lowest BCUT2D eigenvalue weighted by molar-refractivity contribution is -0.131. The van der Waals surface area contributed by atoms with E-state index < -0.39 is 5.97 Å². The molecule has 1 aromatic carbocycles. The minimum atomic E-state index is -0.932. The molecule has 1 aliphatic rings. The van der Waals surface area contributed by atoms with E-state index in [4.69, 9.17) is 9.84 Å². The highest BCUT2D eigenvalue weighted by atomic mass is 16.5. The van der Waals surface area contributed by atoms with Gasteiger partial charge >= 0.3 is 5.97 Å². The molecule has 1 N–H and O–H groups in total. The van der Waals surface area contributed by atoms with Crippen molar-refractivity contribution in [3.63, 3.8) is 0 Å². The Hall–Kier alpha value is -1.77. The Morgan fingerprint density at radius 2 is 1.74 bits per heavy atom. The number of hydrogen-bond acceptors (Lipinski definition) is 2. The largest absolute Gasteiger partial charge is 0.490 e. The van der Waals surface area contributed by atoms with Gasteiger partial charge in [-0.1, -0.05) is 25.0 Å². The number of ether oxygens (including phenoxy) is 1. The predicted molar refractivity (Wildman–Crippen MR) is 75.2 cm³/mol. The third-order valence-electron chi connectivity index (χ3n) is 3.40. The molecule has 0 unspecified atom stereocenters. The van der Waals surface area contributed by atoms with Crippen molar-refractivity contribution < 1.29 is 14.6 Å². The first kappa shape index (κ1) is 13.7. The molecule has 0 aromatic heterocycles. The quantitative estimate of drug-likeness (QED) is 0.660. The minimum absolute atomic E-state index is 0.336. The topological polar surface area (TPSA) is 46.5 Å². The molecule has 102 valence electrons. The summed E-state index contributed by atoms with van der Waals surface area (Å²) in [4.78, 5) is 10.4. The van der Waals surface area contributed by atoms with E-state index in [1.807, 2.05) is 24.3 Å². The first-order valence-electron chi connectivity index (χ1n) is 6.92. The van der Waals surface area contributed by atoms with Crippen molar-refractivity contribution in [3.8, 4) is 5.75 Å². The van der Waals surface area contributed by atoms with Crippen molar-refractivity contribution >= 4 is 12.0 Å². The maximum Gasteiger partial charge on any atom is 0.328 e. The molecule has 0 aliphatic heterocycles. The van der Waals surface area contributed by atoms with Gasteiger partial charge in [-0.15, -0.1) is 0 Å². The Morgan fingerprint density at radius 3 is 2.32 bits per heavy atom. The maximum atomic E-state index is 10.4. The SMILES string of the molecule is O=C(O)/C=C/c1ccc(OC2CCCCCC2)cc1. The lowest BCUT2D eigenvalue weighted by atomic mass is 10.1. The Kier molecular flexibility index (Phi) is 5.01. The summed E-state index contributed by atoms with van der Waals surface area (Å²) in [6, 6.07) is 7.58. The molecule has 19 heavy (non-hydrogen) atoms. The summed E-state index contributed by atoms with van der Waals surface area (Å²) in [5, 5.41) is 8.56. The average Bonchev–Trinajstić information content (AvgIpc) is 2.66. The molecule has 1 fully saturated rings. The van der Waals surface area contributed by atoms with Gasteiger partial charge in [0, 0.05) is 6.08 Å². The van der Waals surface area contributed by atoms with Gasteiger partial charge in [-0.25, -0.2) is 4.79 Å². The normalized spacial score (nSPS) is 17.3. The van der Waals surface area contributed by atoms with E-state index in [1.165, 1.54) is 25.7 Å². The van der Waals surface area contributed by atoms with E-state index in [0.29, 0.717) is 6.10 Å². The van der Waals surface area contributed by atoms with Gasteiger partial charge in [0.05, 0.1) is 6.10 Å². The van der Waals surface area contributed by atoms with Crippen LogP contribution in [0.5, 0.6) is 5.75 Å². The molecule has 1 saturated carbocycles. The highest BCUT2D eigenvalue weighted by molar-refractivity contribution is 5.85. The fraction of sp³-hybridized carbons (Fsp3) is 0.438. The van der Waals surface area contributed by atoms with Crippen LogP contribution in [0.15, 0.2) is 30.3 Å². The van der Waals surface area contributed by atoms with Crippen LogP contribution in [0.4, 0.5) is 0 Å². The van der Waals surface area contributed by atoms with Crippen LogP contribution < -0.4 is 4.74 Å². The summed E-state index contributed by atoms with van der Waals surface area (Å²) in [5.41, 5.74) is 0.871. The van der Waals surface area contributed by atoms with Crippen LogP contribution in [-0.2, 0) is 4.79 Å². The highest BCUT2D eigenvalue weighted by Crippen LogP contribution is 2.23. The van der Waals surface area contributed by atoms with E-state index in [2.05, 4.69) is 0 Å². The van der Waals surface area contributed by atoms with Crippen LogP contribution in [0.25, 0.3) is 6.08 Å². The van der Waals surface area contributed by atoms with E-state index in [9.17, 15) is 4.79 Å². The summed E-state index contributed by atoms with van der Waals surface area (Å²) in [5.74, 6) is -0.0573. The van der Waals surface area contributed by atoms with E-state index >= 15 is 0 Å². The molecule has 0 heterocycles. The van der Waals surface area contributed by atoms with Gasteiger partial charge in [-0.05, 0) is 49.5 Å². The molecule has 0 bridgehead atoms. The van der Waals surface area contributed by atoms with E-state index in [1.54, 1.807) is 6.08 Å². The maximum absolute atomic E-state index is 10.4. The molecule has 1 aromatic rings. The van der Waals surface area contributed by atoms with Crippen molar-refractivity contribution in [2.75, 3.05) is 0 Å². The summed E-state index contributed by atoms with van der Waals surface area (Å²) in [7, 11) is 0. The predicted octanol–water partition coefficient (Wildman–Crippen LogP) is 3.89. The summed E-state index contributed by atoms with van der Waals surface area (Å²) < 4.78 is 5.98. The smallest absolute Gasteiger partial charge is 0.328 e. The monoisotopic (exact) mass is 260 g/mol. The van der Waals surface area contributed by atoms with Crippen molar-refractivity contribution in [1.29, 1.82) is 0 Å². The molecule has 0 atom stereocenters. The molecule has 0 spiro atoms. The first-order valence-corrected chi connectivity index (χ1v) is 6.92. The van der Waals surface area contributed by atoms with Crippen molar-refractivity contribution in [2.24, 2.45) is 0 Å². The van der Waals surface area contributed by atoms with Gasteiger partial charge in [-0.3, -0.25) is 0 Å². The van der Waals surface area contributed by atoms with Crippen LogP contribution in [-0.4, -0.2) is 17.2 Å². The van der Waals surface area contributed by atoms with Crippen molar-refractivity contribution in [2.45, 2.75) is 44.6 Å². The van der Waals surface area contributed by atoms with Gasteiger partial charge < -0.3 is 9.84 Å². The Bertz CT molecular complexity index is 426. The van der Waals surface area contributed by atoms with Crippen LogP contribution in [0.2, 0.25) is 0 Å². The van der Waals surface area contributed by atoms with Crippen molar-refractivity contribution in [3.05, 3.63) is 35.9 Å². The third kappa shape index (κ3) is 4.78. The second-order valence-corrected chi connectivity index (χ2v) is 4.97. The highest BCUT2D eigenvalue weighted by Gasteiger charge is 2.13. The van der Waals surface area contributed by atoms with Crippen LogP contribution >= 0.6 is 0 Å². The van der Waals surface area contributed by atoms with Gasteiger partial charge in [-0.2, -0.15) is 0 Å². The molecule has 0 saturated heterocycles. The molecule has 0 radical (unpaired) electrons. The summed E-state index contributed by atoms with van der Waals surface area (Å²) in [6.07, 6.45) is 10.5. The zero-order valence-electron chi connectivity index (χ0n) is 11.0. The second-order valence-electron chi connectivity index (χ2n) is 4.97. The number of carbonyl (C=O) groups is 1. The molecule has 3 nitrogen and oxygen atoms in total. The van der Waals surface area contributed by atoms with E-state index in [0.717, 1.165) is 30.2 Å². The number of aliphatic carboxylic acids is 1. The minimum Gasteiger partial charge on any atom is -0.490 e. The molecule has 2 rings (SSSR count). The van der Waals surface area contributed by atoms with Crippen molar-refractivity contribution in [1.82, 2.24) is 0 Å². The number of carboxylic acids is 1. The lowest BCUT2D eigenvalue weighted by Crippen LogP contribution is -2.14. The van der Waals surface area contributed by atoms with Crippen LogP contribution in [0.1, 0.15) is 44.1 Å². The Morgan fingerprint density at radius 1 is 1.11 bits per heavy atom. The molecular weight excluding hydrogens is 240 g/mol. The van der Waals surface area contributed by atoms with E-state index in [-0.39, 0.29) is 0 Å². The summed E-state index contributed by atoms with van der Waals surface area (Å²) >= 11 is 0. The molecule has 1 aliphatic carbocycles. The van der Waals surface area contributed by atoms with Gasteiger partial charge in [0.2, 0.25) is 0 Å². The van der Waals surface area contributed by atoms with Gasteiger partial charge in [0.1, 0.15) is 5.75 Å². The molecular formula is C16H20O3. The van der Waals surface area contributed by atoms with Gasteiger partial charge in [0.15, 0.2) is 0 Å². The first-order chi connectivity index (χ1) is 9.24. The average molecular weight is 260 g/mol.